The topological polar surface area (TPSA) is 98.8 Å². The summed E-state index contributed by atoms with van der Waals surface area (Å²) >= 11 is 0. The van der Waals surface area contributed by atoms with Crippen molar-refractivity contribution in [3.05, 3.63) is 29.8 Å². The third kappa shape index (κ3) is 4.26. The Hall–Kier alpha value is -2.90. The zero-order valence-electron chi connectivity index (χ0n) is 17.2. The molecule has 29 heavy (non-hydrogen) atoms. The highest BCUT2D eigenvalue weighted by molar-refractivity contribution is 6.09. The molecule has 0 aromatic heterocycles. The fourth-order valence-electron chi connectivity index (χ4n) is 4.04. The Balaban J connectivity index is 1.57. The van der Waals surface area contributed by atoms with Gasteiger partial charge in [-0.15, -0.1) is 0 Å². The summed E-state index contributed by atoms with van der Waals surface area (Å²) in [5.74, 6) is -1.11. The molecule has 5 amide bonds. The Morgan fingerprint density at radius 2 is 1.93 bits per heavy atom. The van der Waals surface area contributed by atoms with E-state index in [2.05, 4.69) is 10.6 Å². The molecule has 1 spiro atoms. The fourth-order valence-corrected chi connectivity index (χ4v) is 4.04. The zero-order chi connectivity index (χ0) is 21.2. The summed E-state index contributed by atoms with van der Waals surface area (Å²) in [5, 5.41) is 5.55. The smallest absolute Gasteiger partial charge is 0.325 e. The van der Waals surface area contributed by atoms with Crippen LogP contribution < -0.4 is 10.6 Å². The number of imide groups is 1. The van der Waals surface area contributed by atoms with Gasteiger partial charge in [0.15, 0.2) is 0 Å². The summed E-state index contributed by atoms with van der Waals surface area (Å²) in [6.45, 7) is 3.38. The monoisotopic (exact) mass is 400 g/mol. The molecule has 1 aromatic rings. The predicted octanol–water partition coefficient (Wildman–Crippen LogP) is 1.89. The highest BCUT2D eigenvalue weighted by Gasteiger charge is 2.55. The Labute approximate surface area is 170 Å². The van der Waals surface area contributed by atoms with Gasteiger partial charge in [0, 0.05) is 12.7 Å². The molecule has 1 heterocycles. The largest absolute Gasteiger partial charge is 0.335 e. The Kier molecular flexibility index (Phi) is 5.91. The lowest BCUT2D eigenvalue weighted by Gasteiger charge is -2.36. The van der Waals surface area contributed by atoms with E-state index in [1.165, 1.54) is 11.9 Å². The molecular formula is C21H28N4O4. The fraction of sp³-hybridized carbons (Fsp3) is 0.524. The van der Waals surface area contributed by atoms with Gasteiger partial charge in [0.1, 0.15) is 12.1 Å². The first-order chi connectivity index (χ1) is 13.7. The molecule has 2 atom stereocenters. The van der Waals surface area contributed by atoms with Crippen LogP contribution in [0.15, 0.2) is 24.3 Å². The molecule has 2 fully saturated rings. The van der Waals surface area contributed by atoms with Crippen LogP contribution in [0.5, 0.6) is 0 Å². The predicted molar refractivity (Wildman–Crippen MR) is 108 cm³/mol. The van der Waals surface area contributed by atoms with Crippen molar-refractivity contribution in [2.75, 3.05) is 25.5 Å². The van der Waals surface area contributed by atoms with Crippen LogP contribution >= 0.6 is 0 Å². The second-order valence-electron chi connectivity index (χ2n) is 8.10. The van der Waals surface area contributed by atoms with Gasteiger partial charge in [0.05, 0.1) is 6.54 Å². The first kappa shape index (κ1) is 20.8. The number of hydrogen-bond acceptors (Lipinski definition) is 4. The number of anilines is 1. The molecule has 1 saturated heterocycles. The summed E-state index contributed by atoms with van der Waals surface area (Å²) in [4.78, 5) is 52.3. The van der Waals surface area contributed by atoms with Crippen molar-refractivity contribution < 1.29 is 19.2 Å². The maximum atomic E-state index is 12.9. The van der Waals surface area contributed by atoms with Crippen molar-refractivity contribution in [1.29, 1.82) is 0 Å². The van der Waals surface area contributed by atoms with Crippen LogP contribution in [0, 0.1) is 12.8 Å². The van der Waals surface area contributed by atoms with Crippen molar-refractivity contribution in [2.24, 2.45) is 5.92 Å². The third-order valence-corrected chi connectivity index (χ3v) is 5.94. The van der Waals surface area contributed by atoms with Crippen molar-refractivity contribution in [1.82, 2.24) is 15.1 Å². The number of urea groups is 1. The molecule has 1 aliphatic carbocycles. The van der Waals surface area contributed by atoms with Gasteiger partial charge in [-0.2, -0.15) is 0 Å². The summed E-state index contributed by atoms with van der Waals surface area (Å²) in [5.41, 5.74) is 0.828. The molecule has 1 saturated carbocycles. The van der Waals surface area contributed by atoms with E-state index < -0.39 is 17.5 Å². The van der Waals surface area contributed by atoms with Crippen LogP contribution in [0.25, 0.3) is 0 Å². The molecule has 0 unspecified atom stereocenters. The number of carbonyl (C=O) groups is 4. The molecule has 0 radical (unpaired) electrons. The van der Waals surface area contributed by atoms with Crippen LogP contribution in [-0.2, 0) is 14.4 Å². The maximum absolute atomic E-state index is 12.9. The average Bonchev–Trinajstić information content (AvgIpc) is 2.91. The molecule has 2 N–H and O–H groups in total. The number of rotatable bonds is 5. The Morgan fingerprint density at radius 3 is 2.59 bits per heavy atom. The zero-order valence-corrected chi connectivity index (χ0v) is 17.2. The molecule has 2 aliphatic rings. The van der Waals surface area contributed by atoms with Crippen molar-refractivity contribution in [3.8, 4) is 0 Å². The van der Waals surface area contributed by atoms with Crippen LogP contribution in [-0.4, -0.2) is 59.2 Å². The van der Waals surface area contributed by atoms with Gasteiger partial charge >= 0.3 is 6.03 Å². The third-order valence-electron chi connectivity index (χ3n) is 5.94. The minimum absolute atomic E-state index is 0.0332. The number of nitrogens with zero attached hydrogens (tertiary/aromatic N) is 2. The van der Waals surface area contributed by atoms with Gasteiger partial charge < -0.3 is 15.5 Å². The van der Waals surface area contributed by atoms with Crippen molar-refractivity contribution >= 4 is 29.4 Å². The highest BCUT2D eigenvalue weighted by atomic mass is 16.2. The number of aryl methyl sites for hydroxylation is 1. The quantitative estimate of drug-likeness (QED) is 0.738. The lowest BCUT2D eigenvalue weighted by Crippen LogP contribution is -2.54. The van der Waals surface area contributed by atoms with E-state index >= 15 is 0 Å². The molecule has 1 aromatic carbocycles. The summed E-state index contributed by atoms with van der Waals surface area (Å²) in [7, 11) is 1.48. The van der Waals surface area contributed by atoms with E-state index in [1.54, 1.807) is 12.1 Å². The highest BCUT2D eigenvalue weighted by Crippen LogP contribution is 2.38. The maximum Gasteiger partial charge on any atom is 0.325 e. The van der Waals surface area contributed by atoms with Crippen LogP contribution in [0.3, 0.4) is 0 Å². The van der Waals surface area contributed by atoms with Gasteiger partial charge in [0.25, 0.3) is 5.91 Å². The van der Waals surface area contributed by atoms with E-state index in [1.807, 2.05) is 26.0 Å². The number of likely N-dealkylation sites (N-methyl/N-ethyl adjacent to an activating group) is 1. The first-order valence-electron chi connectivity index (χ1n) is 9.97. The number of benzene rings is 1. The summed E-state index contributed by atoms with van der Waals surface area (Å²) in [6, 6.07) is 6.80. The average molecular weight is 400 g/mol. The second-order valence-corrected chi connectivity index (χ2v) is 8.10. The summed E-state index contributed by atoms with van der Waals surface area (Å²) < 4.78 is 0. The molecule has 156 valence electrons. The van der Waals surface area contributed by atoms with Crippen LogP contribution in [0.2, 0.25) is 0 Å². The molecule has 0 bridgehead atoms. The van der Waals surface area contributed by atoms with Crippen LogP contribution in [0.1, 0.15) is 38.2 Å². The number of hydrogen-bond donors (Lipinski definition) is 2. The lowest BCUT2D eigenvalue weighted by molar-refractivity contribution is -0.140. The SMILES string of the molecule is Cc1ccc(NC(=O)CN(C)C(=O)CN2C(=O)N[C@@]3(CCCC[C@H]3C)C2=O)cc1. The minimum atomic E-state index is -0.892. The van der Waals surface area contributed by atoms with Gasteiger partial charge in [-0.05, 0) is 37.8 Å². The van der Waals surface area contributed by atoms with E-state index in [4.69, 9.17) is 0 Å². The van der Waals surface area contributed by atoms with Gasteiger partial charge in [-0.3, -0.25) is 19.3 Å². The normalized spacial score (nSPS) is 23.8. The Bertz CT molecular complexity index is 822. The minimum Gasteiger partial charge on any atom is -0.335 e. The van der Waals surface area contributed by atoms with E-state index in [0.717, 1.165) is 29.7 Å². The van der Waals surface area contributed by atoms with Crippen molar-refractivity contribution in [3.63, 3.8) is 0 Å². The molecular weight excluding hydrogens is 372 g/mol. The van der Waals surface area contributed by atoms with Crippen LogP contribution in [0.4, 0.5) is 10.5 Å². The lowest BCUT2D eigenvalue weighted by atomic mass is 9.73. The van der Waals surface area contributed by atoms with E-state index in [0.29, 0.717) is 12.1 Å². The number of carbonyl (C=O) groups excluding carboxylic acids is 4. The number of nitrogens with one attached hydrogen (secondary N) is 2. The van der Waals surface area contributed by atoms with Gasteiger partial charge in [-0.25, -0.2) is 4.79 Å². The number of amides is 5. The molecule has 8 nitrogen and oxygen atoms in total. The molecule has 1 aliphatic heterocycles. The molecule has 8 heteroatoms. The first-order valence-corrected chi connectivity index (χ1v) is 9.97. The van der Waals surface area contributed by atoms with E-state index in [9.17, 15) is 19.2 Å². The van der Waals surface area contributed by atoms with Gasteiger partial charge in [0.2, 0.25) is 11.8 Å². The molecule has 3 rings (SSSR count). The van der Waals surface area contributed by atoms with E-state index in [-0.39, 0.29) is 30.8 Å². The second kappa shape index (κ2) is 8.23. The van der Waals surface area contributed by atoms with Gasteiger partial charge in [-0.1, -0.05) is 37.5 Å². The Morgan fingerprint density at radius 1 is 1.24 bits per heavy atom. The van der Waals surface area contributed by atoms with Crippen molar-refractivity contribution in [2.45, 2.75) is 45.1 Å². The standard InChI is InChI=1S/C21H28N4O4/c1-14-7-9-16(10-8-14)22-17(26)12-24(3)18(27)13-25-19(28)21(23-20(25)29)11-5-4-6-15(21)2/h7-10,15H,4-6,11-13H2,1-3H3,(H,22,26)(H,23,29)/t15-,21-/m1/s1. The summed E-state index contributed by atoms with van der Waals surface area (Å²) in [6.07, 6.45) is 3.37.